The zero-order chi connectivity index (χ0) is 31.6. The number of nitrogens with zero attached hydrogens (tertiary/aromatic N) is 7. The summed E-state index contributed by atoms with van der Waals surface area (Å²) in [5.74, 6) is 6.49. The van der Waals surface area contributed by atoms with Gasteiger partial charge in [-0.25, -0.2) is 9.97 Å². The second kappa shape index (κ2) is 12.1. The molecule has 3 aliphatic heterocycles. The van der Waals surface area contributed by atoms with E-state index < -0.39 is 17.2 Å². The lowest BCUT2D eigenvalue weighted by Gasteiger charge is -2.36. The minimum Gasteiger partial charge on any atom is -0.497 e. The summed E-state index contributed by atoms with van der Waals surface area (Å²) in [6.07, 6.45) is 6.28. The maximum absolute atomic E-state index is 13.2. The zero-order valence-electron chi connectivity index (χ0n) is 24.7. The summed E-state index contributed by atoms with van der Waals surface area (Å²) in [5, 5.41) is 15.8. The molecule has 2 saturated heterocycles. The topological polar surface area (TPSA) is 163 Å². The lowest BCUT2D eigenvalue weighted by Crippen LogP contribution is -2.49. The van der Waals surface area contributed by atoms with E-state index in [4.69, 9.17) is 9.47 Å². The number of aromatic nitrogens is 3. The average molecular weight is 611 g/mol. The largest absolute Gasteiger partial charge is 0.497 e. The Bertz CT molecular complexity index is 1750. The van der Waals surface area contributed by atoms with Crippen molar-refractivity contribution >= 4 is 29.4 Å². The first-order chi connectivity index (χ1) is 21.8. The van der Waals surface area contributed by atoms with E-state index in [1.165, 1.54) is 25.3 Å². The molecule has 0 saturated carbocycles. The number of piperazine rings is 1. The van der Waals surface area contributed by atoms with Crippen molar-refractivity contribution in [1.29, 1.82) is 0 Å². The Balaban J connectivity index is 1.22. The summed E-state index contributed by atoms with van der Waals surface area (Å²) in [4.78, 5) is 57.2. The molecule has 1 atom stereocenters. The fourth-order valence-corrected chi connectivity index (χ4v) is 5.73. The molecule has 45 heavy (non-hydrogen) atoms. The molecule has 0 aliphatic carbocycles. The predicted octanol–water partition coefficient (Wildman–Crippen LogP) is 0.887. The fourth-order valence-electron chi connectivity index (χ4n) is 5.73. The molecule has 0 radical (unpaired) electrons. The first kappa shape index (κ1) is 29.4. The number of hydrogen-bond donors (Lipinski definition) is 2. The summed E-state index contributed by atoms with van der Waals surface area (Å²) in [6.45, 7) is 2.61. The van der Waals surface area contributed by atoms with Crippen molar-refractivity contribution in [3.8, 4) is 23.3 Å². The Morgan fingerprint density at radius 3 is 2.56 bits per heavy atom. The Labute approximate surface area is 258 Å². The number of rotatable bonds is 6. The van der Waals surface area contributed by atoms with Crippen molar-refractivity contribution in [2.75, 3.05) is 51.8 Å². The van der Waals surface area contributed by atoms with Gasteiger partial charge < -0.3 is 29.4 Å². The van der Waals surface area contributed by atoms with Gasteiger partial charge in [0.2, 0.25) is 11.8 Å². The molecule has 2 N–H and O–H groups in total. The van der Waals surface area contributed by atoms with E-state index in [0.717, 1.165) is 11.4 Å². The van der Waals surface area contributed by atoms with Crippen molar-refractivity contribution in [3.63, 3.8) is 0 Å². The van der Waals surface area contributed by atoms with Crippen molar-refractivity contribution in [1.82, 2.24) is 30.1 Å². The third-order valence-electron chi connectivity index (χ3n) is 8.11. The quantitative estimate of drug-likeness (QED) is 0.102. The number of ether oxygens (including phenoxy) is 2. The van der Waals surface area contributed by atoms with E-state index in [2.05, 4.69) is 42.2 Å². The first-order valence-corrected chi connectivity index (χ1v) is 14.2. The van der Waals surface area contributed by atoms with Crippen LogP contribution in [0, 0.1) is 17.3 Å². The normalized spacial score (nSPS) is 19.6. The summed E-state index contributed by atoms with van der Waals surface area (Å²) in [7, 11) is 2.98. The molecule has 3 aromatic rings. The summed E-state index contributed by atoms with van der Waals surface area (Å²) >= 11 is 0. The molecule has 0 bridgehead atoms. The number of nitrogens with one attached hydrogen (secondary N) is 1. The van der Waals surface area contributed by atoms with Crippen LogP contribution in [0.4, 0.5) is 5.82 Å². The van der Waals surface area contributed by atoms with E-state index in [1.807, 2.05) is 11.0 Å². The SMILES string of the molecule is COc1ccc2c(c1)C(=O)N(C[C@@]1(C#Cc3ncc(/C(=N/O)N4CCN(c5cnccn5)CC4)cc3OC)CC(=O)NC1=O)C2. The Morgan fingerprint density at radius 2 is 1.89 bits per heavy atom. The summed E-state index contributed by atoms with van der Waals surface area (Å²) < 4.78 is 10.8. The minimum absolute atomic E-state index is 0.0876. The molecule has 3 amide bonds. The van der Waals surface area contributed by atoms with Crippen LogP contribution in [-0.2, 0) is 16.1 Å². The van der Waals surface area contributed by atoms with E-state index >= 15 is 0 Å². The molecular formula is C31H30N8O6. The van der Waals surface area contributed by atoms with Crippen LogP contribution < -0.4 is 19.7 Å². The molecule has 14 nitrogen and oxygen atoms in total. The molecule has 0 spiro atoms. The molecule has 0 unspecified atom stereocenters. The summed E-state index contributed by atoms with van der Waals surface area (Å²) in [5.41, 5.74) is 0.525. The van der Waals surface area contributed by atoms with Crippen LogP contribution in [0.5, 0.6) is 11.5 Å². The van der Waals surface area contributed by atoms with Gasteiger partial charge in [-0.3, -0.25) is 24.7 Å². The van der Waals surface area contributed by atoms with E-state index in [1.54, 1.807) is 36.8 Å². The Hall–Kier alpha value is -5.71. The van der Waals surface area contributed by atoms with Gasteiger partial charge in [-0.05, 0) is 29.7 Å². The fraction of sp³-hybridized carbons (Fsp3) is 0.323. The van der Waals surface area contributed by atoms with Crippen molar-refractivity contribution in [3.05, 3.63) is 71.4 Å². The van der Waals surface area contributed by atoms with Gasteiger partial charge in [0.25, 0.3) is 5.91 Å². The van der Waals surface area contributed by atoms with Crippen molar-refractivity contribution < 1.29 is 29.1 Å². The number of hydrogen-bond acceptors (Lipinski definition) is 11. The second-order valence-corrected chi connectivity index (χ2v) is 10.8. The van der Waals surface area contributed by atoms with Gasteiger partial charge in [-0.15, -0.1) is 0 Å². The number of oxime groups is 1. The van der Waals surface area contributed by atoms with Gasteiger partial charge in [0.15, 0.2) is 17.3 Å². The number of fused-ring (bicyclic) bond motifs is 1. The highest BCUT2D eigenvalue weighted by Crippen LogP contribution is 2.34. The molecule has 6 rings (SSSR count). The summed E-state index contributed by atoms with van der Waals surface area (Å²) in [6, 6.07) is 6.89. The maximum atomic E-state index is 13.2. The minimum atomic E-state index is -1.48. The number of amides is 3. The molecular weight excluding hydrogens is 580 g/mol. The molecule has 230 valence electrons. The van der Waals surface area contributed by atoms with Gasteiger partial charge in [-0.1, -0.05) is 17.1 Å². The molecule has 5 heterocycles. The van der Waals surface area contributed by atoms with Crippen LogP contribution >= 0.6 is 0 Å². The number of carbonyl (C=O) groups is 3. The third-order valence-corrected chi connectivity index (χ3v) is 8.11. The van der Waals surface area contributed by atoms with Crippen LogP contribution in [-0.4, -0.2) is 100 Å². The highest BCUT2D eigenvalue weighted by molar-refractivity contribution is 6.08. The van der Waals surface area contributed by atoms with Crippen LogP contribution in [0.2, 0.25) is 0 Å². The monoisotopic (exact) mass is 610 g/mol. The van der Waals surface area contributed by atoms with Gasteiger partial charge in [-0.2, -0.15) is 0 Å². The van der Waals surface area contributed by atoms with Gasteiger partial charge >= 0.3 is 0 Å². The molecule has 14 heteroatoms. The predicted molar refractivity (Wildman–Crippen MR) is 160 cm³/mol. The van der Waals surface area contributed by atoms with E-state index in [9.17, 15) is 19.6 Å². The molecule has 2 fully saturated rings. The number of pyridine rings is 1. The lowest BCUT2D eigenvalue weighted by molar-refractivity contribution is -0.127. The number of methoxy groups -OCH3 is 2. The maximum Gasteiger partial charge on any atom is 0.254 e. The standard InChI is InChI=1S/C31H30N8O6/c1-44-22-4-3-20-18-39(29(41)23(20)14-22)19-31(15-27(40)35-30(31)42)6-5-24-25(45-2)13-21(16-34-24)28(36-43)38-11-9-37(10-12-38)26-17-32-7-8-33-26/h3-4,7-8,13-14,16-17,43H,9-12,15,18-19H2,1-2H3,(H,35,40,42)/b36-28-/t31-/m1/s1. The van der Waals surface area contributed by atoms with E-state index in [0.29, 0.717) is 48.9 Å². The third kappa shape index (κ3) is 5.67. The molecule has 3 aliphatic rings. The van der Waals surface area contributed by atoms with Crippen LogP contribution in [0.1, 0.15) is 33.6 Å². The van der Waals surface area contributed by atoms with Crippen molar-refractivity contribution in [2.45, 2.75) is 13.0 Å². The van der Waals surface area contributed by atoms with Gasteiger partial charge in [0, 0.05) is 69.0 Å². The molecule has 1 aromatic carbocycles. The first-order valence-electron chi connectivity index (χ1n) is 14.2. The Morgan fingerprint density at radius 1 is 1.07 bits per heavy atom. The second-order valence-electron chi connectivity index (χ2n) is 10.8. The van der Waals surface area contributed by atoms with Gasteiger partial charge in [0.05, 0.1) is 26.8 Å². The molecule has 2 aromatic heterocycles. The van der Waals surface area contributed by atoms with Crippen molar-refractivity contribution in [2.24, 2.45) is 10.6 Å². The van der Waals surface area contributed by atoms with Gasteiger partial charge in [0.1, 0.15) is 17.0 Å². The number of benzene rings is 1. The van der Waals surface area contributed by atoms with Crippen LogP contribution in [0.15, 0.2) is 54.2 Å². The Kier molecular flexibility index (Phi) is 7.91. The lowest BCUT2D eigenvalue weighted by atomic mass is 9.86. The number of imide groups is 1. The number of anilines is 1. The zero-order valence-corrected chi connectivity index (χ0v) is 24.7. The average Bonchev–Trinajstić information content (AvgIpc) is 3.53. The van der Waals surface area contributed by atoms with Crippen LogP contribution in [0.25, 0.3) is 0 Å². The van der Waals surface area contributed by atoms with E-state index in [-0.39, 0.29) is 36.9 Å². The van der Waals surface area contributed by atoms with Crippen LogP contribution in [0.3, 0.4) is 0 Å². The smallest absolute Gasteiger partial charge is 0.254 e. The number of amidine groups is 1. The highest BCUT2D eigenvalue weighted by atomic mass is 16.5. The highest BCUT2D eigenvalue weighted by Gasteiger charge is 2.48. The number of carbonyl (C=O) groups excluding carboxylic acids is 3.